The third kappa shape index (κ3) is 2.80. The number of carbonyl (C=O) groups is 2. The highest BCUT2D eigenvalue weighted by molar-refractivity contribution is 9.10. The summed E-state index contributed by atoms with van der Waals surface area (Å²) in [6, 6.07) is 6.69. The van der Waals surface area contributed by atoms with Gasteiger partial charge in [-0.25, -0.2) is 0 Å². The van der Waals surface area contributed by atoms with Crippen molar-refractivity contribution >= 4 is 27.7 Å². The van der Waals surface area contributed by atoms with Crippen molar-refractivity contribution < 1.29 is 28.5 Å². The molecule has 2 aliphatic rings. The first kappa shape index (κ1) is 17.7. The first-order valence-electron chi connectivity index (χ1n) is 8.24. The van der Waals surface area contributed by atoms with Crippen molar-refractivity contribution in [2.75, 3.05) is 27.6 Å². The second kappa shape index (κ2) is 6.77. The number of rotatable bonds is 3. The second-order valence-electron chi connectivity index (χ2n) is 6.04. The lowest BCUT2D eigenvalue weighted by atomic mass is 9.97. The normalized spacial score (nSPS) is 14.8. The Hall–Kier alpha value is -2.74. The third-order valence-electron chi connectivity index (χ3n) is 4.64. The average Bonchev–Trinajstić information content (AvgIpc) is 3.13. The highest BCUT2D eigenvalue weighted by Gasteiger charge is 2.33. The van der Waals surface area contributed by atoms with E-state index in [2.05, 4.69) is 15.9 Å². The summed E-state index contributed by atoms with van der Waals surface area (Å²) in [6.45, 7) is 0.415. The number of nitrogens with zero attached hydrogens (tertiary/aromatic N) is 1. The van der Waals surface area contributed by atoms with Gasteiger partial charge in [0.2, 0.25) is 6.79 Å². The molecule has 0 N–H and O–H groups in total. The van der Waals surface area contributed by atoms with Gasteiger partial charge in [-0.15, -0.1) is 0 Å². The van der Waals surface area contributed by atoms with Gasteiger partial charge in [-0.3, -0.25) is 14.5 Å². The molecule has 27 heavy (non-hydrogen) atoms. The van der Waals surface area contributed by atoms with Gasteiger partial charge in [-0.2, -0.15) is 0 Å². The van der Waals surface area contributed by atoms with E-state index in [1.807, 2.05) is 6.07 Å². The van der Waals surface area contributed by atoms with Gasteiger partial charge in [0.15, 0.2) is 23.0 Å². The lowest BCUT2D eigenvalue weighted by molar-refractivity contribution is 0.0603. The van der Waals surface area contributed by atoms with Crippen LogP contribution in [0.15, 0.2) is 28.7 Å². The molecular weight excluding hydrogens is 418 g/mol. The lowest BCUT2D eigenvalue weighted by Gasteiger charge is -2.27. The Bertz CT molecular complexity index is 958. The molecule has 8 heteroatoms. The van der Waals surface area contributed by atoms with Crippen LogP contribution in [0.25, 0.3) is 0 Å². The number of amides is 2. The molecule has 0 fully saturated rings. The number of hydrogen-bond donors (Lipinski definition) is 0. The van der Waals surface area contributed by atoms with E-state index in [1.165, 1.54) is 19.1 Å². The Balaban J connectivity index is 1.69. The summed E-state index contributed by atoms with van der Waals surface area (Å²) in [5, 5.41) is 0. The minimum atomic E-state index is -0.406. The second-order valence-corrected chi connectivity index (χ2v) is 6.83. The summed E-state index contributed by atoms with van der Waals surface area (Å²) in [5.74, 6) is 1.27. The largest absolute Gasteiger partial charge is 0.493 e. The van der Waals surface area contributed by atoms with Crippen molar-refractivity contribution in [3.63, 3.8) is 0 Å². The predicted molar refractivity (Wildman–Crippen MR) is 98.9 cm³/mol. The maximum atomic E-state index is 13.1. The first-order valence-corrected chi connectivity index (χ1v) is 9.03. The summed E-state index contributed by atoms with van der Waals surface area (Å²) >= 11 is 3.39. The fraction of sp³-hybridized carbons (Fsp3) is 0.263. The molecule has 0 aromatic heterocycles. The summed E-state index contributed by atoms with van der Waals surface area (Å²) in [4.78, 5) is 27.3. The predicted octanol–water partition coefficient (Wildman–Crippen LogP) is 3.03. The van der Waals surface area contributed by atoms with E-state index in [-0.39, 0.29) is 19.2 Å². The summed E-state index contributed by atoms with van der Waals surface area (Å²) < 4.78 is 21.7. The summed E-state index contributed by atoms with van der Waals surface area (Å²) in [6.07, 6.45) is 0.550. The molecule has 4 rings (SSSR count). The number of benzene rings is 2. The number of fused-ring (bicyclic) bond motifs is 2. The Morgan fingerprint density at radius 3 is 2.59 bits per heavy atom. The van der Waals surface area contributed by atoms with Crippen LogP contribution in [0.5, 0.6) is 23.0 Å². The van der Waals surface area contributed by atoms with Gasteiger partial charge in [-0.05, 0) is 52.2 Å². The molecule has 2 aliphatic heterocycles. The van der Waals surface area contributed by atoms with Crippen molar-refractivity contribution in [2.24, 2.45) is 0 Å². The molecule has 140 valence electrons. The molecule has 0 radical (unpaired) electrons. The van der Waals surface area contributed by atoms with E-state index in [9.17, 15) is 9.59 Å². The van der Waals surface area contributed by atoms with Crippen LogP contribution < -0.4 is 18.9 Å². The van der Waals surface area contributed by atoms with Crippen molar-refractivity contribution in [1.82, 2.24) is 4.90 Å². The van der Waals surface area contributed by atoms with Crippen LogP contribution in [-0.2, 0) is 6.42 Å². The molecule has 2 aromatic carbocycles. The molecule has 0 saturated heterocycles. The van der Waals surface area contributed by atoms with Crippen LogP contribution in [0.1, 0.15) is 26.3 Å². The highest BCUT2D eigenvalue weighted by Crippen LogP contribution is 2.39. The molecule has 7 nitrogen and oxygen atoms in total. The van der Waals surface area contributed by atoms with Crippen molar-refractivity contribution in [2.45, 2.75) is 6.42 Å². The number of imide groups is 1. The highest BCUT2D eigenvalue weighted by atomic mass is 79.9. The standard InChI is InChI=1S/C19H16BrNO6/c1-24-13-4-3-11(16(20)17(13)25-2)18(22)21-6-5-10-7-14-15(27-9-26-14)8-12(10)19(21)23/h3-4,7-8H,5-6,9H2,1-2H3. The molecule has 0 aliphatic carbocycles. The minimum Gasteiger partial charge on any atom is -0.493 e. The molecule has 0 atom stereocenters. The number of methoxy groups -OCH3 is 2. The SMILES string of the molecule is COc1ccc(C(=O)N2CCc3cc4c(cc3C2=O)OCO4)c(Br)c1OC. The van der Waals surface area contributed by atoms with Crippen LogP contribution >= 0.6 is 15.9 Å². The van der Waals surface area contributed by atoms with Crippen LogP contribution in [-0.4, -0.2) is 44.3 Å². The Morgan fingerprint density at radius 2 is 1.89 bits per heavy atom. The van der Waals surface area contributed by atoms with Crippen molar-refractivity contribution in [3.05, 3.63) is 45.4 Å². The smallest absolute Gasteiger partial charge is 0.262 e. The van der Waals surface area contributed by atoms with Gasteiger partial charge in [0, 0.05) is 12.1 Å². The number of carbonyl (C=O) groups excluding carboxylic acids is 2. The zero-order chi connectivity index (χ0) is 19.1. The summed E-state index contributed by atoms with van der Waals surface area (Å²) in [7, 11) is 3.00. The molecule has 0 unspecified atom stereocenters. The van der Waals surface area contributed by atoms with Gasteiger partial charge >= 0.3 is 0 Å². The molecular formula is C19H16BrNO6. The summed E-state index contributed by atoms with van der Waals surface area (Å²) in [5.41, 5.74) is 1.63. The van der Waals surface area contributed by atoms with E-state index >= 15 is 0 Å². The van der Waals surface area contributed by atoms with Gasteiger partial charge in [0.05, 0.1) is 24.3 Å². The van der Waals surface area contributed by atoms with Crippen LogP contribution in [0.4, 0.5) is 0 Å². The topological polar surface area (TPSA) is 74.3 Å². The molecule has 2 heterocycles. The fourth-order valence-electron chi connectivity index (χ4n) is 3.26. The zero-order valence-corrected chi connectivity index (χ0v) is 16.3. The van der Waals surface area contributed by atoms with E-state index in [0.29, 0.717) is 45.0 Å². The number of hydrogen-bond acceptors (Lipinski definition) is 6. The Morgan fingerprint density at radius 1 is 1.15 bits per heavy atom. The Kier molecular flexibility index (Phi) is 4.43. The van der Waals surface area contributed by atoms with Crippen LogP contribution in [0.2, 0.25) is 0 Å². The van der Waals surface area contributed by atoms with Gasteiger partial charge in [-0.1, -0.05) is 0 Å². The zero-order valence-electron chi connectivity index (χ0n) is 14.7. The maximum absolute atomic E-state index is 13.1. The fourth-order valence-corrected chi connectivity index (χ4v) is 3.92. The molecule has 0 spiro atoms. The monoisotopic (exact) mass is 433 g/mol. The van der Waals surface area contributed by atoms with E-state index in [0.717, 1.165) is 5.56 Å². The van der Waals surface area contributed by atoms with Crippen molar-refractivity contribution in [1.29, 1.82) is 0 Å². The van der Waals surface area contributed by atoms with Crippen LogP contribution in [0.3, 0.4) is 0 Å². The minimum absolute atomic E-state index is 0.133. The molecule has 0 bridgehead atoms. The van der Waals surface area contributed by atoms with Gasteiger partial charge in [0.25, 0.3) is 11.8 Å². The number of ether oxygens (including phenoxy) is 4. The maximum Gasteiger partial charge on any atom is 0.262 e. The third-order valence-corrected chi connectivity index (χ3v) is 5.43. The van der Waals surface area contributed by atoms with Crippen molar-refractivity contribution in [3.8, 4) is 23.0 Å². The average molecular weight is 434 g/mol. The molecule has 0 saturated carbocycles. The molecule has 2 aromatic rings. The first-order chi connectivity index (χ1) is 13.0. The van der Waals surface area contributed by atoms with Gasteiger partial charge in [0.1, 0.15) is 0 Å². The molecule has 2 amide bonds. The lowest BCUT2D eigenvalue weighted by Crippen LogP contribution is -2.42. The van der Waals surface area contributed by atoms with Crippen LogP contribution in [0, 0.1) is 0 Å². The van der Waals surface area contributed by atoms with E-state index < -0.39 is 5.91 Å². The van der Waals surface area contributed by atoms with Gasteiger partial charge < -0.3 is 18.9 Å². The number of halogens is 1. The van der Waals surface area contributed by atoms with E-state index in [1.54, 1.807) is 18.2 Å². The van der Waals surface area contributed by atoms with E-state index in [4.69, 9.17) is 18.9 Å². The Labute approximate surface area is 163 Å². The quantitative estimate of drug-likeness (QED) is 0.692.